The minimum atomic E-state index is 0.0101. The third-order valence-electron chi connectivity index (χ3n) is 6.86. The van der Waals surface area contributed by atoms with E-state index in [9.17, 15) is 9.59 Å². The second kappa shape index (κ2) is 13.5. The Kier molecular flexibility index (Phi) is 10.5. The van der Waals surface area contributed by atoms with Crippen LogP contribution in [-0.2, 0) is 22.6 Å². The Morgan fingerprint density at radius 3 is 2.37 bits per heavy atom. The van der Waals surface area contributed by atoms with E-state index in [1.807, 2.05) is 28.0 Å². The minimum Gasteiger partial charge on any atom is -0.493 e. The number of hydrogen-bond acceptors (Lipinski definition) is 5. The third kappa shape index (κ3) is 7.47. The quantitative estimate of drug-likeness (QED) is 0.388. The summed E-state index contributed by atoms with van der Waals surface area (Å²) in [4.78, 5) is 31.8. The van der Waals surface area contributed by atoms with Gasteiger partial charge in [-0.1, -0.05) is 32.3 Å². The number of thiophene rings is 1. The normalized spacial score (nSPS) is 13.9. The number of benzene rings is 1. The Labute approximate surface area is 214 Å². The highest BCUT2D eigenvalue weighted by Gasteiger charge is 2.28. The molecular formula is C28H40N2O4S. The van der Waals surface area contributed by atoms with Crippen LogP contribution >= 0.6 is 11.3 Å². The lowest BCUT2D eigenvalue weighted by Crippen LogP contribution is -2.45. The number of rotatable bonds is 12. The van der Waals surface area contributed by atoms with Crippen molar-refractivity contribution in [2.45, 2.75) is 65.3 Å². The van der Waals surface area contributed by atoms with Gasteiger partial charge in [-0.05, 0) is 67.3 Å². The van der Waals surface area contributed by atoms with Crippen molar-refractivity contribution in [2.24, 2.45) is 5.92 Å². The molecule has 1 aromatic heterocycles. The summed E-state index contributed by atoms with van der Waals surface area (Å²) in [5.41, 5.74) is 2.27. The predicted molar refractivity (Wildman–Crippen MR) is 141 cm³/mol. The van der Waals surface area contributed by atoms with E-state index in [4.69, 9.17) is 9.47 Å². The van der Waals surface area contributed by atoms with Crippen LogP contribution in [0.4, 0.5) is 0 Å². The molecule has 0 bridgehead atoms. The molecule has 1 saturated carbocycles. The van der Waals surface area contributed by atoms with Crippen molar-refractivity contribution >= 4 is 23.2 Å². The Morgan fingerprint density at radius 1 is 1.00 bits per heavy atom. The maximum atomic E-state index is 13.6. The molecule has 192 valence electrons. The van der Waals surface area contributed by atoms with Gasteiger partial charge in [-0.2, -0.15) is 0 Å². The van der Waals surface area contributed by atoms with E-state index in [1.165, 1.54) is 16.9 Å². The number of carbonyl (C=O) groups is 2. The van der Waals surface area contributed by atoms with E-state index in [2.05, 4.69) is 25.3 Å². The molecule has 1 aromatic carbocycles. The summed E-state index contributed by atoms with van der Waals surface area (Å²) in [7, 11) is 3.25. The van der Waals surface area contributed by atoms with Crippen molar-refractivity contribution in [2.75, 3.05) is 33.9 Å². The molecule has 2 amide bonds. The summed E-state index contributed by atoms with van der Waals surface area (Å²) in [6, 6.07) is 7.97. The fourth-order valence-electron chi connectivity index (χ4n) is 4.74. The Bertz CT molecular complexity index is 968. The van der Waals surface area contributed by atoms with Gasteiger partial charge in [0.15, 0.2) is 11.5 Å². The number of hydrogen-bond donors (Lipinski definition) is 0. The van der Waals surface area contributed by atoms with Crippen molar-refractivity contribution in [1.82, 2.24) is 9.80 Å². The summed E-state index contributed by atoms with van der Waals surface area (Å²) in [6.45, 7) is 6.06. The van der Waals surface area contributed by atoms with Gasteiger partial charge in [0.05, 0.1) is 27.3 Å². The highest BCUT2D eigenvalue weighted by atomic mass is 32.1. The van der Waals surface area contributed by atoms with Gasteiger partial charge in [-0.3, -0.25) is 9.59 Å². The number of ether oxygens (including phenoxy) is 2. The molecule has 0 N–H and O–H groups in total. The molecule has 0 saturated heterocycles. The topological polar surface area (TPSA) is 59.1 Å². The first-order valence-corrected chi connectivity index (χ1v) is 13.6. The highest BCUT2D eigenvalue weighted by molar-refractivity contribution is 7.10. The maximum Gasteiger partial charge on any atom is 0.242 e. The van der Waals surface area contributed by atoms with Crippen LogP contribution in [-0.4, -0.2) is 55.5 Å². The molecule has 7 heteroatoms. The first kappa shape index (κ1) is 27.1. The van der Waals surface area contributed by atoms with Crippen LogP contribution in [0.15, 0.2) is 29.6 Å². The lowest BCUT2D eigenvalue weighted by atomic mass is 9.88. The van der Waals surface area contributed by atoms with Crippen LogP contribution in [0.1, 0.15) is 61.5 Å². The van der Waals surface area contributed by atoms with Crippen molar-refractivity contribution in [3.05, 3.63) is 45.6 Å². The SMILES string of the molecule is CCCN(CC(=O)N(CCc1ccc(OC)c(OC)c1)Cc1sccc1C)C(=O)C1CCCCC1. The van der Waals surface area contributed by atoms with Crippen LogP contribution in [0.3, 0.4) is 0 Å². The molecule has 3 rings (SSSR count). The summed E-state index contributed by atoms with van der Waals surface area (Å²) in [6.07, 6.45) is 6.87. The van der Waals surface area contributed by atoms with Crippen molar-refractivity contribution in [1.29, 1.82) is 0 Å². The van der Waals surface area contributed by atoms with Gasteiger partial charge in [0, 0.05) is 23.9 Å². The first-order valence-electron chi connectivity index (χ1n) is 12.8. The summed E-state index contributed by atoms with van der Waals surface area (Å²) in [5, 5.41) is 2.07. The van der Waals surface area contributed by atoms with Crippen molar-refractivity contribution < 1.29 is 19.1 Å². The molecule has 0 unspecified atom stereocenters. The fraction of sp³-hybridized carbons (Fsp3) is 0.571. The molecule has 1 aliphatic rings. The van der Waals surface area contributed by atoms with Gasteiger partial charge >= 0.3 is 0 Å². The summed E-state index contributed by atoms with van der Waals surface area (Å²) in [5.74, 6) is 1.62. The third-order valence-corrected chi connectivity index (χ3v) is 7.87. The molecule has 2 aromatic rings. The zero-order valence-electron chi connectivity index (χ0n) is 21.7. The summed E-state index contributed by atoms with van der Waals surface area (Å²) >= 11 is 1.68. The van der Waals surface area contributed by atoms with E-state index in [0.29, 0.717) is 37.6 Å². The van der Waals surface area contributed by atoms with E-state index < -0.39 is 0 Å². The standard InChI is InChI=1S/C28H40N2O4S/c1-5-15-30(28(32)23-9-7-6-8-10-23)20-27(31)29(19-26-21(2)14-17-35-26)16-13-22-11-12-24(33-3)25(18-22)34-4/h11-12,14,17-18,23H,5-10,13,15-16,19-20H2,1-4H3. The molecule has 1 aliphatic carbocycles. The molecule has 0 spiro atoms. The van der Waals surface area contributed by atoms with Gasteiger partial charge in [0.25, 0.3) is 0 Å². The van der Waals surface area contributed by atoms with E-state index >= 15 is 0 Å². The second-order valence-corrected chi connectivity index (χ2v) is 10.4. The fourth-order valence-corrected chi connectivity index (χ4v) is 5.66. The molecule has 1 fully saturated rings. The van der Waals surface area contributed by atoms with E-state index in [1.54, 1.807) is 25.6 Å². The molecular weight excluding hydrogens is 460 g/mol. The minimum absolute atomic E-state index is 0.0101. The van der Waals surface area contributed by atoms with Gasteiger partial charge in [0.1, 0.15) is 0 Å². The number of nitrogens with zero attached hydrogens (tertiary/aromatic N) is 2. The van der Waals surface area contributed by atoms with Crippen molar-refractivity contribution in [3.8, 4) is 11.5 Å². The lowest BCUT2D eigenvalue weighted by molar-refractivity contribution is -0.144. The monoisotopic (exact) mass is 500 g/mol. The second-order valence-electron chi connectivity index (χ2n) is 9.38. The molecule has 0 aliphatic heterocycles. The van der Waals surface area contributed by atoms with Crippen LogP contribution in [0.5, 0.6) is 11.5 Å². The highest BCUT2D eigenvalue weighted by Crippen LogP contribution is 2.28. The van der Waals surface area contributed by atoms with Crippen LogP contribution in [0.2, 0.25) is 0 Å². The van der Waals surface area contributed by atoms with Gasteiger partial charge in [-0.25, -0.2) is 0 Å². The summed E-state index contributed by atoms with van der Waals surface area (Å²) < 4.78 is 10.8. The molecule has 35 heavy (non-hydrogen) atoms. The van der Waals surface area contributed by atoms with E-state index in [0.717, 1.165) is 37.7 Å². The lowest BCUT2D eigenvalue weighted by Gasteiger charge is -2.31. The Morgan fingerprint density at radius 2 is 1.74 bits per heavy atom. The number of methoxy groups -OCH3 is 2. The van der Waals surface area contributed by atoms with Crippen molar-refractivity contribution in [3.63, 3.8) is 0 Å². The number of amides is 2. The molecule has 6 nitrogen and oxygen atoms in total. The van der Waals surface area contributed by atoms with Crippen LogP contribution < -0.4 is 9.47 Å². The molecule has 0 atom stereocenters. The van der Waals surface area contributed by atoms with E-state index in [-0.39, 0.29) is 24.3 Å². The number of carbonyl (C=O) groups excluding carboxylic acids is 2. The maximum absolute atomic E-state index is 13.6. The van der Waals surface area contributed by atoms with Crippen LogP contribution in [0.25, 0.3) is 0 Å². The molecule has 0 radical (unpaired) electrons. The van der Waals surface area contributed by atoms with Gasteiger partial charge < -0.3 is 19.3 Å². The Balaban J connectivity index is 1.74. The van der Waals surface area contributed by atoms with Gasteiger partial charge in [-0.15, -0.1) is 11.3 Å². The zero-order valence-corrected chi connectivity index (χ0v) is 22.5. The largest absolute Gasteiger partial charge is 0.493 e. The molecule has 1 heterocycles. The van der Waals surface area contributed by atoms with Crippen LogP contribution in [0, 0.1) is 12.8 Å². The number of aryl methyl sites for hydroxylation is 1. The average molecular weight is 501 g/mol. The average Bonchev–Trinajstić information content (AvgIpc) is 3.30. The predicted octanol–water partition coefficient (Wildman–Crippen LogP) is 5.46. The first-order chi connectivity index (χ1) is 17.0. The Hall–Kier alpha value is -2.54. The smallest absolute Gasteiger partial charge is 0.242 e. The zero-order chi connectivity index (χ0) is 25.2. The van der Waals surface area contributed by atoms with Gasteiger partial charge in [0.2, 0.25) is 11.8 Å².